The number of alkyl halides is 3. The Hall–Kier alpha value is -0.290. The summed E-state index contributed by atoms with van der Waals surface area (Å²) in [6.45, 7) is 0.999. The molecule has 1 rings (SSSR count). The fraction of sp³-hybridized carbons (Fsp3) is 1.00. The highest BCUT2D eigenvalue weighted by atomic mass is 19.4. The Morgan fingerprint density at radius 2 is 1.55 bits per heavy atom. The van der Waals surface area contributed by atoms with Crippen LogP contribution in [0.5, 0.6) is 0 Å². The maximum Gasteiger partial charge on any atom is 0.470 e. The second kappa shape index (κ2) is 3.40. The van der Waals surface area contributed by atoms with Gasteiger partial charge in [-0.05, 0) is 12.8 Å². The van der Waals surface area contributed by atoms with Crippen LogP contribution in [0.2, 0.25) is 0 Å². The molecule has 0 aliphatic carbocycles. The van der Waals surface area contributed by atoms with Gasteiger partial charge in [0.05, 0.1) is 0 Å². The van der Waals surface area contributed by atoms with Crippen LogP contribution in [0, 0.1) is 0 Å². The van der Waals surface area contributed by atoms with E-state index in [2.05, 4.69) is 0 Å². The first kappa shape index (κ1) is 8.80. The average molecular weight is 168 g/mol. The molecule has 2 nitrogen and oxygen atoms in total. The summed E-state index contributed by atoms with van der Waals surface area (Å²) in [6, 6.07) is 0. The van der Waals surface area contributed by atoms with Crippen molar-refractivity contribution in [2.45, 2.75) is 25.6 Å². The van der Waals surface area contributed by atoms with Crippen molar-refractivity contribution >= 4 is 0 Å². The molecule has 0 bridgehead atoms. The van der Waals surface area contributed by atoms with E-state index >= 15 is 0 Å². The fourth-order valence-electron chi connectivity index (χ4n) is 1.18. The Morgan fingerprint density at radius 3 is 2.00 bits per heavy atom. The molecule has 0 amide bonds. The lowest BCUT2D eigenvalue weighted by Crippen LogP contribution is -2.49. The second-order valence-corrected chi connectivity index (χ2v) is 2.66. The van der Waals surface area contributed by atoms with Crippen molar-refractivity contribution < 1.29 is 13.2 Å². The van der Waals surface area contributed by atoms with E-state index in [0.29, 0.717) is 13.1 Å². The van der Waals surface area contributed by atoms with Crippen LogP contribution in [0.25, 0.3) is 0 Å². The molecule has 1 heterocycles. The molecule has 11 heavy (non-hydrogen) atoms. The molecule has 0 radical (unpaired) electrons. The van der Waals surface area contributed by atoms with Crippen molar-refractivity contribution in [2.75, 3.05) is 13.1 Å². The number of hydrogen-bond donors (Lipinski definition) is 1. The topological polar surface area (TPSA) is 15.3 Å². The zero-order valence-electron chi connectivity index (χ0n) is 6.12. The van der Waals surface area contributed by atoms with Gasteiger partial charge in [-0.25, -0.2) is 5.01 Å². The van der Waals surface area contributed by atoms with Gasteiger partial charge in [0, 0.05) is 13.1 Å². The van der Waals surface area contributed by atoms with E-state index in [1.54, 1.807) is 0 Å². The first-order chi connectivity index (χ1) is 5.08. The van der Waals surface area contributed by atoms with E-state index in [-0.39, 0.29) is 0 Å². The van der Waals surface area contributed by atoms with Crippen LogP contribution >= 0.6 is 0 Å². The third-order valence-corrected chi connectivity index (χ3v) is 1.64. The van der Waals surface area contributed by atoms with Crippen molar-refractivity contribution in [3.05, 3.63) is 0 Å². The van der Waals surface area contributed by atoms with E-state index in [4.69, 9.17) is 0 Å². The van der Waals surface area contributed by atoms with Gasteiger partial charge in [-0.3, -0.25) is 0 Å². The lowest BCUT2D eigenvalue weighted by atomic mass is 10.2. The van der Waals surface area contributed by atoms with E-state index in [9.17, 15) is 13.2 Å². The van der Waals surface area contributed by atoms with Gasteiger partial charge in [0.1, 0.15) is 0 Å². The second-order valence-electron chi connectivity index (χ2n) is 2.66. The summed E-state index contributed by atoms with van der Waals surface area (Å²) in [4.78, 5) is 0. The zero-order valence-corrected chi connectivity index (χ0v) is 6.12. The normalized spacial score (nSPS) is 22.1. The highest BCUT2D eigenvalue weighted by molar-refractivity contribution is 4.60. The number of nitrogens with one attached hydrogen (secondary N) is 1. The smallest absolute Gasteiger partial charge is 0.237 e. The summed E-state index contributed by atoms with van der Waals surface area (Å²) in [5.41, 5.74) is 1.49. The maximum atomic E-state index is 11.7. The van der Waals surface area contributed by atoms with Crippen LogP contribution in [0.4, 0.5) is 13.2 Å². The van der Waals surface area contributed by atoms with Gasteiger partial charge in [0.15, 0.2) is 0 Å². The first-order valence-electron chi connectivity index (χ1n) is 3.67. The third-order valence-electron chi connectivity index (χ3n) is 1.64. The summed E-state index contributed by atoms with van der Waals surface area (Å²) < 4.78 is 35.1. The number of hydrogen-bond acceptors (Lipinski definition) is 2. The van der Waals surface area contributed by atoms with E-state index in [1.807, 2.05) is 0 Å². The number of halogens is 3. The fourth-order valence-corrected chi connectivity index (χ4v) is 1.18. The minimum Gasteiger partial charge on any atom is -0.237 e. The predicted molar refractivity (Wildman–Crippen MR) is 34.6 cm³/mol. The largest absolute Gasteiger partial charge is 0.470 e. The van der Waals surface area contributed by atoms with Gasteiger partial charge in [0.2, 0.25) is 0 Å². The molecule has 1 fully saturated rings. The number of nitrogens with zero attached hydrogens (tertiary/aromatic N) is 1. The Bertz CT molecular complexity index is 117. The molecule has 5 heteroatoms. The van der Waals surface area contributed by atoms with E-state index in [0.717, 1.165) is 19.3 Å². The molecule has 0 aromatic rings. The molecule has 1 aliphatic rings. The van der Waals surface area contributed by atoms with E-state index in [1.165, 1.54) is 10.4 Å². The molecular weight excluding hydrogens is 157 g/mol. The lowest BCUT2D eigenvalue weighted by Gasteiger charge is -2.27. The lowest BCUT2D eigenvalue weighted by molar-refractivity contribution is -0.200. The van der Waals surface area contributed by atoms with Crippen LogP contribution in [-0.4, -0.2) is 24.4 Å². The Morgan fingerprint density at radius 1 is 1.00 bits per heavy atom. The molecule has 0 atom stereocenters. The first-order valence-corrected chi connectivity index (χ1v) is 3.67. The van der Waals surface area contributed by atoms with Gasteiger partial charge in [-0.1, -0.05) is 6.42 Å². The summed E-state index contributed by atoms with van der Waals surface area (Å²) in [7, 11) is 0. The van der Waals surface area contributed by atoms with Crippen molar-refractivity contribution in [3.8, 4) is 0 Å². The minimum absolute atomic E-state index is 0.500. The van der Waals surface area contributed by atoms with Gasteiger partial charge < -0.3 is 0 Å². The highest BCUT2D eigenvalue weighted by Gasteiger charge is 2.30. The quantitative estimate of drug-likeness (QED) is 0.597. The van der Waals surface area contributed by atoms with Crippen molar-refractivity contribution in [1.29, 1.82) is 0 Å². The SMILES string of the molecule is FC(F)(F)NN1CCCCC1. The summed E-state index contributed by atoms with van der Waals surface area (Å²) in [5, 5.41) is 1.23. The van der Waals surface area contributed by atoms with Gasteiger partial charge >= 0.3 is 6.30 Å². The molecule has 66 valence electrons. The van der Waals surface area contributed by atoms with Crippen LogP contribution in [0.3, 0.4) is 0 Å². The molecule has 0 spiro atoms. The average Bonchev–Trinajstić information content (AvgIpc) is 1.85. The molecule has 1 N–H and O–H groups in total. The molecule has 0 aromatic carbocycles. The number of piperidine rings is 1. The predicted octanol–water partition coefficient (Wildman–Crippen LogP) is 1.50. The van der Waals surface area contributed by atoms with Crippen molar-refractivity contribution in [2.24, 2.45) is 0 Å². The Kier molecular flexibility index (Phi) is 2.72. The minimum atomic E-state index is -4.27. The molecule has 1 saturated heterocycles. The molecular formula is C6H11F3N2. The van der Waals surface area contributed by atoms with Crippen molar-refractivity contribution in [3.63, 3.8) is 0 Å². The monoisotopic (exact) mass is 168 g/mol. The van der Waals surface area contributed by atoms with Gasteiger partial charge in [0.25, 0.3) is 0 Å². The number of hydrazine groups is 1. The third kappa shape index (κ3) is 3.57. The molecule has 0 aromatic heterocycles. The van der Waals surface area contributed by atoms with Crippen LogP contribution in [0.15, 0.2) is 0 Å². The van der Waals surface area contributed by atoms with E-state index < -0.39 is 6.30 Å². The van der Waals surface area contributed by atoms with Crippen LogP contribution in [-0.2, 0) is 0 Å². The maximum absolute atomic E-state index is 11.7. The van der Waals surface area contributed by atoms with Crippen LogP contribution < -0.4 is 5.43 Å². The highest BCUT2D eigenvalue weighted by Crippen LogP contribution is 2.13. The van der Waals surface area contributed by atoms with Crippen molar-refractivity contribution in [1.82, 2.24) is 10.4 Å². The molecule has 0 saturated carbocycles. The summed E-state index contributed by atoms with van der Waals surface area (Å²) >= 11 is 0. The summed E-state index contributed by atoms with van der Waals surface area (Å²) in [5.74, 6) is 0. The Balaban J connectivity index is 2.24. The van der Waals surface area contributed by atoms with Gasteiger partial charge in [-0.15, -0.1) is 0 Å². The Labute approximate surface area is 63.3 Å². The standard InChI is InChI=1S/C6H11F3N2/c7-6(8,9)10-11-4-2-1-3-5-11/h10H,1-5H2. The zero-order chi connectivity index (χ0) is 8.32. The molecule has 0 unspecified atom stereocenters. The summed E-state index contributed by atoms with van der Waals surface area (Å²) in [6.07, 6.45) is -1.53. The van der Waals surface area contributed by atoms with Crippen LogP contribution in [0.1, 0.15) is 19.3 Å². The number of rotatable bonds is 1. The molecule has 1 aliphatic heterocycles. The van der Waals surface area contributed by atoms with Gasteiger partial charge in [-0.2, -0.15) is 18.6 Å².